The zero-order chi connectivity index (χ0) is 18.7. The molecule has 3 rings (SSSR count). The van der Waals surface area contributed by atoms with Crippen molar-refractivity contribution in [3.63, 3.8) is 0 Å². The number of anilines is 1. The van der Waals surface area contributed by atoms with Crippen LogP contribution in [0, 0.1) is 10.1 Å². The molecule has 0 spiro atoms. The third-order valence-corrected chi connectivity index (χ3v) is 4.48. The van der Waals surface area contributed by atoms with Crippen molar-refractivity contribution < 1.29 is 19.2 Å². The van der Waals surface area contributed by atoms with Crippen LogP contribution in [0.15, 0.2) is 36.4 Å². The summed E-state index contributed by atoms with van der Waals surface area (Å²) in [5.41, 5.74) is 1.77. The molecule has 8 heteroatoms. The number of benzene rings is 2. The molecule has 1 heterocycles. The SMILES string of the molecule is COc1ccc2c(c1)CCCN2C(=O)COc1ccc([N+](=O)[O-])cc1Cl. The van der Waals surface area contributed by atoms with Gasteiger partial charge in [-0.3, -0.25) is 14.9 Å². The van der Waals surface area contributed by atoms with Gasteiger partial charge in [0, 0.05) is 24.4 Å². The molecule has 0 aliphatic carbocycles. The van der Waals surface area contributed by atoms with Crippen LogP contribution < -0.4 is 14.4 Å². The number of hydrogen-bond acceptors (Lipinski definition) is 5. The van der Waals surface area contributed by atoms with Crippen molar-refractivity contribution in [2.45, 2.75) is 12.8 Å². The van der Waals surface area contributed by atoms with Gasteiger partial charge in [-0.2, -0.15) is 0 Å². The van der Waals surface area contributed by atoms with Crippen molar-refractivity contribution >= 4 is 28.9 Å². The Morgan fingerprint density at radius 2 is 2.12 bits per heavy atom. The molecule has 2 aromatic rings. The minimum Gasteiger partial charge on any atom is -0.497 e. The number of rotatable bonds is 5. The Hall–Kier alpha value is -2.80. The van der Waals surface area contributed by atoms with E-state index < -0.39 is 4.92 Å². The lowest BCUT2D eigenvalue weighted by atomic mass is 10.0. The molecule has 136 valence electrons. The Morgan fingerprint density at radius 1 is 1.31 bits per heavy atom. The maximum atomic E-state index is 12.6. The van der Waals surface area contributed by atoms with Crippen molar-refractivity contribution in [3.05, 3.63) is 57.1 Å². The average molecular weight is 377 g/mol. The highest BCUT2D eigenvalue weighted by atomic mass is 35.5. The third kappa shape index (κ3) is 3.72. The molecule has 2 aromatic carbocycles. The molecule has 1 aliphatic heterocycles. The van der Waals surface area contributed by atoms with Gasteiger partial charge in [-0.25, -0.2) is 0 Å². The summed E-state index contributed by atoms with van der Waals surface area (Å²) in [6.45, 7) is 0.401. The summed E-state index contributed by atoms with van der Waals surface area (Å²) in [7, 11) is 1.61. The summed E-state index contributed by atoms with van der Waals surface area (Å²) in [5, 5.41) is 10.8. The number of hydrogen-bond donors (Lipinski definition) is 0. The van der Waals surface area contributed by atoms with E-state index in [4.69, 9.17) is 21.1 Å². The van der Waals surface area contributed by atoms with Gasteiger partial charge in [-0.05, 0) is 42.7 Å². The molecule has 0 radical (unpaired) electrons. The van der Waals surface area contributed by atoms with Gasteiger partial charge >= 0.3 is 0 Å². The molecule has 0 fully saturated rings. The first-order chi connectivity index (χ1) is 12.5. The van der Waals surface area contributed by atoms with Gasteiger partial charge in [-0.15, -0.1) is 0 Å². The van der Waals surface area contributed by atoms with Gasteiger partial charge in [0.05, 0.1) is 17.1 Å². The first-order valence-electron chi connectivity index (χ1n) is 8.03. The van der Waals surface area contributed by atoms with E-state index in [0.29, 0.717) is 6.54 Å². The second-order valence-electron chi connectivity index (χ2n) is 5.80. The fourth-order valence-corrected chi connectivity index (χ4v) is 3.13. The summed E-state index contributed by atoms with van der Waals surface area (Å²) >= 11 is 5.99. The number of amides is 1. The van der Waals surface area contributed by atoms with Gasteiger partial charge in [0.2, 0.25) is 0 Å². The van der Waals surface area contributed by atoms with Crippen LogP contribution in [-0.2, 0) is 11.2 Å². The van der Waals surface area contributed by atoms with E-state index in [-0.39, 0.29) is 29.0 Å². The standard InChI is InChI=1S/C18H17ClN2O5/c1-25-14-5-6-16-12(9-14)3-2-8-20(16)18(22)11-26-17-7-4-13(21(23)24)10-15(17)19/h4-7,9-10H,2-3,8,11H2,1H3. The highest BCUT2D eigenvalue weighted by Crippen LogP contribution is 2.31. The van der Waals surface area contributed by atoms with E-state index in [1.165, 1.54) is 18.2 Å². The smallest absolute Gasteiger partial charge is 0.271 e. The number of carbonyl (C=O) groups excluding carboxylic acids is 1. The molecule has 0 aromatic heterocycles. The quantitative estimate of drug-likeness (QED) is 0.588. The summed E-state index contributed by atoms with van der Waals surface area (Å²) in [6, 6.07) is 9.49. The molecule has 0 atom stereocenters. The highest BCUT2D eigenvalue weighted by molar-refractivity contribution is 6.32. The Kier molecular flexibility index (Phi) is 5.27. The largest absolute Gasteiger partial charge is 0.497 e. The maximum Gasteiger partial charge on any atom is 0.271 e. The number of nitro benzene ring substituents is 1. The fraction of sp³-hybridized carbons (Fsp3) is 0.278. The fourth-order valence-electron chi connectivity index (χ4n) is 2.90. The van der Waals surface area contributed by atoms with Crippen LogP contribution in [0.1, 0.15) is 12.0 Å². The molecule has 0 saturated carbocycles. The molecule has 0 N–H and O–H groups in total. The number of halogens is 1. The number of ether oxygens (including phenoxy) is 2. The number of nitrogens with zero attached hydrogens (tertiary/aromatic N) is 2. The molecule has 0 saturated heterocycles. The molecular formula is C18H17ClN2O5. The summed E-state index contributed by atoms with van der Waals surface area (Å²) in [4.78, 5) is 24.5. The number of methoxy groups -OCH3 is 1. The first kappa shape index (κ1) is 18.0. The first-order valence-corrected chi connectivity index (χ1v) is 8.41. The van der Waals surface area contributed by atoms with Gasteiger partial charge in [0.1, 0.15) is 11.5 Å². The lowest BCUT2D eigenvalue weighted by Crippen LogP contribution is -2.38. The summed E-state index contributed by atoms with van der Waals surface area (Å²) in [6.07, 6.45) is 1.73. The number of aryl methyl sites for hydroxylation is 1. The zero-order valence-corrected chi connectivity index (χ0v) is 14.9. The number of fused-ring (bicyclic) bond motifs is 1. The highest BCUT2D eigenvalue weighted by Gasteiger charge is 2.23. The number of nitro groups is 1. The van der Waals surface area contributed by atoms with Crippen molar-refractivity contribution in [3.8, 4) is 11.5 Å². The van der Waals surface area contributed by atoms with Crippen LogP contribution in [0.25, 0.3) is 0 Å². The van der Waals surface area contributed by atoms with Crippen molar-refractivity contribution in [1.29, 1.82) is 0 Å². The van der Waals surface area contributed by atoms with E-state index in [0.717, 1.165) is 29.8 Å². The second kappa shape index (κ2) is 7.61. The van der Waals surface area contributed by atoms with Crippen LogP contribution in [0.3, 0.4) is 0 Å². The Balaban J connectivity index is 1.71. The second-order valence-corrected chi connectivity index (χ2v) is 6.21. The minimum atomic E-state index is -0.542. The van der Waals surface area contributed by atoms with Crippen molar-refractivity contribution in [2.75, 3.05) is 25.2 Å². The van der Waals surface area contributed by atoms with Crippen LogP contribution in [-0.4, -0.2) is 31.1 Å². The minimum absolute atomic E-state index is 0.0933. The average Bonchev–Trinajstić information content (AvgIpc) is 2.65. The predicted molar refractivity (Wildman–Crippen MR) is 97.3 cm³/mol. The van der Waals surface area contributed by atoms with Crippen molar-refractivity contribution in [2.24, 2.45) is 0 Å². The Labute approximate surface area is 155 Å². The van der Waals surface area contributed by atoms with Gasteiger partial charge < -0.3 is 14.4 Å². The topological polar surface area (TPSA) is 81.9 Å². The van der Waals surface area contributed by atoms with Crippen LogP contribution in [0.5, 0.6) is 11.5 Å². The molecule has 1 aliphatic rings. The lowest BCUT2D eigenvalue weighted by molar-refractivity contribution is -0.384. The molecule has 0 unspecified atom stereocenters. The normalized spacial score (nSPS) is 13.1. The van der Waals surface area contributed by atoms with E-state index in [2.05, 4.69) is 0 Å². The van der Waals surface area contributed by atoms with E-state index in [1.54, 1.807) is 12.0 Å². The summed E-state index contributed by atoms with van der Waals surface area (Å²) in [5.74, 6) is 0.787. The third-order valence-electron chi connectivity index (χ3n) is 4.18. The predicted octanol–water partition coefficient (Wildman–Crippen LogP) is 3.62. The lowest BCUT2D eigenvalue weighted by Gasteiger charge is -2.29. The van der Waals surface area contributed by atoms with E-state index in [9.17, 15) is 14.9 Å². The van der Waals surface area contributed by atoms with Crippen molar-refractivity contribution in [1.82, 2.24) is 0 Å². The number of non-ortho nitro benzene ring substituents is 1. The molecule has 0 bridgehead atoms. The molecule has 7 nitrogen and oxygen atoms in total. The van der Waals surface area contributed by atoms with Crippen LogP contribution >= 0.6 is 11.6 Å². The zero-order valence-electron chi connectivity index (χ0n) is 14.1. The van der Waals surface area contributed by atoms with Crippen LogP contribution in [0.2, 0.25) is 5.02 Å². The Morgan fingerprint density at radius 3 is 2.81 bits per heavy atom. The number of carbonyl (C=O) groups is 1. The summed E-state index contributed by atoms with van der Waals surface area (Å²) < 4.78 is 10.7. The van der Waals surface area contributed by atoms with Gasteiger partial charge in [-0.1, -0.05) is 11.6 Å². The Bertz CT molecular complexity index is 855. The van der Waals surface area contributed by atoms with Gasteiger partial charge in [0.15, 0.2) is 6.61 Å². The molecular weight excluding hydrogens is 360 g/mol. The van der Waals surface area contributed by atoms with E-state index >= 15 is 0 Å². The van der Waals surface area contributed by atoms with E-state index in [1.807, 2.05) is 18.2 Å². The molecule has 1 amide bonds. The maximum absolute atomic E-state index is 12.6. The van der Waals surface area contributed by atoms with Crippen LogP contribution in [0.4, 0.5) is 11.4 Å². The van der Waals surface area contributed by atoms with Gasteiger partial charge in [0.25, 0.3) is 11.6 Å². The molecule has 26 heavy (non-hydrogen) atoms. The monoisotopic (exact) mass is 376 g/mol.